The lowest BCUT2D eigenvalue weighted by Crippen LogP contribution is -2.36. The first-order chi connectivity index (χ1) is 15.0. The minimum Gasteiger partial charge on any atom is -0.450 e. The van der Waals surface area contributed by atoms with Gasteiger partial charge in [-0.1, -0.05) is 45.9 Å². The second-order valence-electron chi connectivity index (χ2n) is 6.39. The summed E-state index contributed by atoms with van der Waals surface area (Å²) in [6, 6.07) is 20.3. The molecule has 0 unspecified atom stereocenters. The zero-order valence-electron chi connectivity index (χ0n) is 15.9. The predicted octanol–water partition coefficient (Wildman–Crippen LogP) is 5.87. The maximum atomic E-state index is 12.6. The van der Waals surface area contributed by atoms with Crippen LogP contribution in [-0.2, 0) is 9.59 Å². The lowest BCUT2D eigenvalue weighted by Gasteiger charge is -2.12. The average molecular weight is 515 g/mol. The summed E-state index contributed by atoms with van der Waals surface area (Å²) in [5.41, 5.74) is 0.578. The molecule has 0 aliphatic carbocycles. The number of rotatable bonds is 6. The summed E-state index contributed by atoms with van der Waals surface area (Å²) in [6.07, 6.45) is 1.52. The lowest BCUT2D eigenvalue weighted by atomic mass is 10.3. The Morgan fingerprint density at radius 1 is 1.06 bits per heavy atom. The number of anilines is 1. The van der Waals surface area contributed by atoms with E-state index in [1.54, 1.807) is 36.4 Å². The van der Waals surface area contributed by atoms with Gasteiger partial charge in [-0.25, -0.2) is 0 Å². The van der Waals surface area contributed by atoms with E-state index in [2.05, 4.69) is 21.2 Å². The van der Waals surface area contributed by atoms with Crippen LogP contribution in [0.3, 0.4) is 0 Å². The maximum Gasteiger partial charge on any atom is 0.294 e. The van der Waals surface area contributed by atoms with Crippen LogP contribution in [0.2, 0.25) is 0 Å². The van der Waals surface area contributed by atoms with E-state index in [-0.39, 0.29) is 11.4 Å². The summed E-state index contributed by atoms with van der Waals surface area (Å²) in [4.78, 5) is 39.3. The molecule has 1 fully saturated rings. The molecule has 0 saturated carbocycles. The lowest BCUT2D eigenvalue weighted by molar-refractivity contribution is -0.127. The Kier molecular flexibility index (Phi) is 6.64. The van der Waals surface area contributed by atoms with Crippen molar-refractivity contribution in [1.82, 2.24) is 4.90 Å². The first-order valence-corrected chi connectivity index (χ1v) is 11.5. The SMILES string of the molecule is O=C(CN1C(=O)S/C(=C\c2ccc(Sc3ccccc3)o2)C1=O)Nc1ccc(Br)cc1. The van der Waals surface area contributed by atoms with E-state index >= 15 is 0 Å². The molecule has 2 aromatic carbocycles. The highest BCUT2D eigenvalue weighted by Gasteiger charge is 2.36. The van der Waals surface area contributed by atoms with Crippen LogP contribution in [0.25, 0.3) is 6.08 Å². The second kappa shape index (κ2) is 9.59. The van der Waals surface area contributed by atoms with Crippen LogP contribution in [0.1, 0.15) is 5.76 Å². The standard InChI is InChI=1S/C22H15BrN2O4S2/c23-14-6-8-15(9-7-14)24-19(26)13-25-21(27)18(31-22(25)28)12-16-10-11-20(29-16)30-17-4-2-1-3-5-17/h1-12H,13H2,(H,24,26)/b18-12-. The van der Waals surface area contributed by atoms with Crippen LogP contribution in [-0.4, -0.2) is 28.5 Å². The fraction of sp³-hybridized carbons (Fsp3) is 0.0455. The number of amides is 3. The van der Waals surface area contributed by atoms with Crippen molar-refractivity contribution in [2.24, 2.45) is 0 Å². The van der Waals surface area contributed by atoms with Gasteiger partial charge >= 0.3 is 0 Å². The molecular weight excluding hydrogens is 500 g/mol. The number of thioether (sulfide) groups is 1. The van der Waals surface area contributed by atoms with Gasteiger partial charge in [-0.3, -0.25) is 19.3 Å². The van der Waals surface area contributed by atoms with E-state index in [9.17, 15) is 14.4 Å². The van der Waals surface area contributed by atoms with Crippen LogP contribution in [0.15, 0.2) is 90.5 Å². The normalized spacial score (nSPS) is 15.0. The zero-order chi connectivity index (χ0) is 21.8. The quantitative estimate of drug-likeness (QED) is 0.414. The average Bonchev–Trinajstić information content (AvgIpc) is 3.30. The Bertz CT molecular complexity index is 1160. The zero-order valence-corrected chi connectivity index (χ0v) is 19.1. The molecule has 4 rings (SSSR count). The van der Waals surface area contributed by atoms with Gasteiger partial charge < -0.3 is 9.73 Å². The van der Waals surface area contributed by atoms with Gasteiger partial charge in [0.1, 0.15) is 12.3 Å². The number of nitrogens with one attached hydrogen (secondary N) is 1. The summed E-state index contributed by atoms with van der Waals surface area (Å²) < 4.78 is 6.63. The highest BCUT2D eigenvalue weighted by molar-refractivity contribution is 9.10. The number of hydrogen-bond donors (Lipinski definition) is 1. The molecule has 0 atom stereocenters. The smallest absolute Gasteiger partial charge is 0.294 e. The van der Waals surface area contributed by atoms with Crippen LogP contribution in [0.5, 0.6) is 0 Å². The molecule has 31 heavy (non-hydrogen) atoms. The van der Waals surface area contributed by atoms with Crippen LogP contribution < -0.4 is 5.32 Å². The first-order valence-electron chi connectivity index (χ1n) is 9.11. The Hall–Kier alpha value is -2.75. The van der Waals surface area contributed by atoms with Crippen molar-refractivity contribution in [3.63, 3.8) is 0 Å². The molecule has 1 aromatic heterocycles. The third-order valence-corrected chi connectivity index (χ3v) is 6.50. The molecule has 2 heterocycles. The maximum absolute atomic E-state index is 12.6. The number of carbonyl (C=O) groups excluding carboxylic acids is 3. The van der Waals surface area contributed by atoms with Crippen molar-refractivity contribution in [2.45, 2.75) is 9.99 Å². The Balaban J connectivity index is 1.40. The Labute approximate surface area is 195 Å². The van der Waals surface area contributed by atoms with Gasteiger partial charge in [0.25, 0.3) is 11.1 Å². The number of nitrogens with zero attached hydrogens (tertiary/aromatic N) is 1. The van der Waals surface area contributed by atoms with E-state index in [0.717, 1.165) is 26.0 Å². The minimum atomic E-state index is -0.519. The number of hydrogen-bond acceptors (Lipinski definition) is 6. The number of halogens is 1. The molecular formula is C22H15BrN2O4S2. The molecule has 1 N–H and O–H groups in total. The van der Waals surface area contributed by atoms with Crippen LogP contribution in [0, 0.1) is 0 Å². The summed E-state index contributed by atoms with van der Waals surface area (Å²) in [7, 11) is 0. The summed E-state index contributed by atoms with van der Waals surface area (Å²) >= 11 is 5.56. The summed E-state index contributed by atoms with van der Waals surface area (Å²) in [6.45, 7) is -0.356. The molecule has 9 heteroatoms. The molecule has 3 amide bonds. The topological polar surface area (TPSA) is 79.6 Å². The van der Waals surface area contributed by atoms with Crippen molar-refractivity contribution in [2.75, 3.05) is 11.9 Å². The van der Waals surface area contributed by atoms with E-state index in [0.29, 0.717) is 16.5 Å². The fourth-order valence-electron chi connectivity index (χ4n) is 2.71. The number of carbonyl (C=O) groups is 3. The highest BCUT2D eigenvalue weighted by Crippen LogP contribution is 2.34. The van der Waals surface area contributed by atoms with Crippen molar-refractivity contribution in [3.8, 4) is 0 Å². The predicted molar refractivity (Wildman–Crippen MR) is 125 cm³/mol. The van der Waals surface area contributed by atoms with Crippen LogP contribution in [0.4, 0.5) is 10.5 Å². The van der Waals surface area contributed by atoms with Gasteiger partial charge in [0, 0.05) is 21.1 Å². The molecule has 1 aliphatic rings. The third-order valence-electron chi connectivity index (χ3n) is 4.14. The van der Waals surface area contributed by atoms with E-state index in [1.165, 1.54) is 17.8 Å². The highest BCUT2D eigenvalue weighted by atomic mass is 79.9. The molecule has 0 spiro atoms. The van der Waals surface area contributed by atoms with Gasteiger partial charge in [-0.2, -0.15) is 0 Å². The van der Waals surface area contributed by atoms with Gasteiger partial charge in [0.15, 0.2) is 5.09 Å². The number of furan rings is 1. The Morgan fingerprint density at radius 2 is 1.81 bits per heavy atom. The summed E-state index contributed by atoms with van der Waals surface area (Å²) in [5, 5.41) is 2.85. The van der Waals surface area contributed by atoms with Crippen molar-refractivity contribution in [1.29, 1.82) is 0 Å². The molecule has 0 bridgehead atoms. The molecule has 3 aromatic rings. The summed E-state index contributed by atoms with van der Waals surface area (Å²) in [5.74, 6) is -0.511. The monoisotopic (exact) mass is 514 g/mol. The molecule has 156 valence electrons. The molecule has 6 nitrogen and oxygen atoms in total. The Morgan fingerprint density at radius 3 is 2.55 bits per heavy atom. The van der Waals surface area contributed by atoms with E-state index in [1.807, 2.05) is 30.3 Å². The van der Waals surface area contributed by atoms with Gasteiger partial charge in [-0.15, -0.1) is 0 Å². The minimum absolute atomic E-state index is 0.215. The van der Waals surface area contributed by atoms with Gasteiger partial charge in [-0.05, 0) is 60.3 Å². The van der Waals surface area contributed by atoms with Crippen molar-refractivity contribution in [3.05, 3.63) is 81.9 Å². The van der Waals surface area contributed by atoms with E-state index in [4.69, 9.17) is 4.42 Å². The fourth-order valence-corrected chi connectivity index (χ4v) is 4.60. The van der Waals surface area contributed by atoms with Crippen molar-refractivity contribution < 1.29 is 18.8 Å². The molecule has 1 saturated heterocycles. The largest absolute Gasteiger partial charge is 0.450 e. The number of imide groups is 1. The number of benzene rings is 2. The van der Waals surface area contributed by atoms with Gasteiger partial charge in [0.05, 0.1) is 4.91 Å². The second-order valence-corrected chi connectivity index (χ2v) is 9.38. The van der Waals surface area contributed by atoms with Crippen LogP contribution >= 0.6 is 39.5 Å². The molecule has 0 radical (unpaired) electrons. The third kappa shape index (κ3) is 5.49. The van der Waals surface area contributed by atoms with Gasteiger partial charge in [0.2, 0.25) is 5.91 Å². The van der Waals surface area contributed by atoms with Crippen molar-refractivity contribution >= 4 is 68.3 Å². The molecule has 1 aliphatic heterocycles. The van der Waals surface area contributed by atoms with E-state index < -0.39 is 17.1 Å². The first kappa shape index (κ1) is 21.5.